The van der Waals surface area contributed by atoms with Gasteiger partial charge in [0.2, 0.25) is 0 Å². The fourth-order valence-corrected chi connectivity index (χ4v) is 1.06. The molecule has 6 nitrogen and oxygen atoms in total. The average molecular weight is 190 g/mol. The standard InChI is InChI=1S/C8H10N6/c9-3-1-5-14(6-2-4-10)8-7-11-13-12-8/h7H,1-2,5-6H2,(H,11,12,13). The summed E-state index contributed by atoms with van der Waals surface area (Å²) in [6.45, 7) is 1.15. The topological polar surface area (TPSA) is 92.4 Å². The number of rotatable bonds is 5. The summed E-state index contributed by atoms with van der Waals surface area (Å²) in [6, 6.07) is 4.11. The van der Waals surface area contributed by atoms with E-state index in [0.717, 1.165) is 0 Å². The number of nitriles is 2. The first-order chi connectivity index (χ1) is 6.88. The molecule has 14 heavy (non-hydrogen) atoms. The Balaban J connectivity index is 2.54. The smallest absolute Gasteiger partial charge is 0.170 e. The molecule has 0 radical (unpaired) electrons. The van der Waals surface area contributed by atoms with Gasteiger partial charge in [-0.05, 0) is 0 Å². The first kappa shape index (κ1) is 10.0. The summed E-state index contributed by atoms with van der Waals surface area (Å²) in [5.41, 5.74) is 0. The number of aromatic amines is 1. The van der Waals surface area contributed by atoms with E-state index in [0.29, 0.717) is 31.7 Å². The van der Waals surface area contributed by atoms with Crippen LogP contribution >= 0.6 is 0 Å². The molecule has 6 heteroatoms. The van der Waals surface area contributed by atoms with E-state index in [2.05, 4.69) is 27.5 Å². The second-order valence-corrected chi connectivity index (χ2v) is 2.63. The summed E-state index contributed by atoms with van der Waals surface area (Å²) in [5, 5.41) is 27.0. The number of hydrogen-bond acceptors (Lipinski definition) is 5. The van der Waals surface area contributed by atoms with Crippen LogP contribution in [0.1, 0.15) is 12.8 Å². The van der Waals surface area contributed by atoms with Crippen LogP contribution in [-0.2, 0) is 0 Å². The summed E-state index contributed by atoms with van der Waals surface area (Å²) in [6.07, 6.45) is 2.41. The Kier molecular flexibility index (Phi) is 3.96. The van der Waals surface area contributed by atoms with Crippen molar-refractivity contribution in [3.8, 4) is 12.1 Å². The van der Waals surface area contributed by atoms with Crippen molar-refractivity contribution in [2.45, 2.75) is 12.8 Å². The van der Waals surface area contributed by atoms with Gasteiger partial charge in [-0.3, -0.25) is 0 Å². The summed E-state index contributed by atoms with van der Waals surface area (Å²) >= 11 is 0. The lowest BCUT2D eigenvalue weighted by atomic mass is 10.3. The lowest BCUT2D eigenvalue weighted by Gasteiger charge is -2.18. The Morgan fingerprint density at radius 2 is 1.93 bits per heavy atom. The molecular weight excluding hydrogens is 180 g/mol. The highest BCUT2D eigenvalue weighted by atomic mass is 15.4. The average Bonchev–Trinajstić information content (AvgIpc) is 2.71. The molecule has 0 aliphatic heterocycles. The van der Waals surface area contributed by atoms with Gasteiger partial charge in [-0.15, -0.1) is 5.10 Å². The monoisotopic (exact) mass is 190 g/mol. The molecule has 0 aromatic carbocycles. The number of hydrogen-bond donors (Lipinski definition) is 1. The van der Waals surface area contributed by atoms with E-state index < -0.39 is 0 Å². The van der Waals surface area contributed by atoms with Crippen LogP contribution in [0.3, 0.4) is 0 Å². The van der Waals surface area contributed by atoms with Gasteiger partial charge in [0.15, 0.2) is 5.82 Å². The van der Waals surface area contributed by atoms with Gasteiger partial charge in [-0.25, -0.2) is 0 Å². The highest BCUT2D eigenvalue weighted by Gasteiger charge is 2.07. The molecule has 0 aliphatic rings. The maximum absolute atomic E-state index is 8.45. The van der Waals surface area contributed by atoms with Crippen molar-refractivity contribution >= 4 is 5.82 Å². The van der Waals surface area contributed by atoms with E-state index in [1.807, 2.05) is 4.90 Å². The third kappa shape index (κ3) is 2.76. The van der Waals surface area contributed by atoms with Gasteiger partial charge in [0.1, 0.15) is 0 Å². The normalized spacial score (nSPS) is 9.00. The van der Waals surface area contributed by atoms with Crippen LogP contribution in [0.2, 0.25) is 0 Å². The molecule has 1 heterocycles. The molecule has 0 atom stereocenters. The van der Waals surface area contributed by atoms with Crippen LogP contribution in [0.15, 0.2) is 6.20 Å². The first-order valence-corrected chi connectivity index (χ1v) is 4.23. The predicted molar refractivity (Wildman–Crippen MR) is 49.1 cm³/mol. The summed E-state index contributed by atoms with van der Waals surface area (Å²) in [5.74, 6) is 0.676. The van der Waals surface area contributed by atoms with Crippen LogP contribution in [0.25, 0.3) is 0 Å². The minimum atomic E-state index is 0.415. The lowest BCUT2D eigenvalue weighted by molar-refractivity contribution is 0.777. The quantitative estimate of drug-likeness (QED) is 0.727. The van der Waals surface area contributed by atoms with Gasteiger partial charge in [0, 0.05) is 13.1 Å². The van der Waals surface area contributed by atoms with E-state index in [4.69, 9.17) is 10.5 Å². The second kappa shape index (κ2) is 5.55. The summed E-state index contributed by atoms with van der Waals surface area (Å²) in [7, 11) is 0. The Morgan fingerprint density at radius 1 is 1.29 bits per heavy atom. The summed E-state index contributed by atoms with van der Waals surface area (Å²) < 4.78 is 0. The van der Waals surface area contributed by atoms with Crippen molar-refractivity contribution in [3.63, 3.8) is 0 Å². The van der Waals surface area contributed by atoms with Crippen molar-refractivity contribution in [2.75, 3.05) is 18.0 Å². The highest BCUT2D eigenvalue weighted by Crippen LogP contribution is 2.07. The van der Waals surface area contributed by atoms with Gasteiger partial charge in [0.25, 0.3) is 0 Å². The summed E-state index contributed by atoms with van der Waals surface area (Å²) in [4.78, 5) is 1.86. The molecular formula is C8H10N6. The Hall–Kier alpha value is -2.08. The van der Waals surface area contributed by atoms with E-state index in [1.165, 1.54) is 0 Å². The van der Waals surface area contributed by atoms with Crippen molar-refractivity contribution in [3.05, 3.63) is 6.20 Å². The SMILES string of the molecule is N#CCCN(CCC#N)c1cn[nH]n1. The Labute approximate surface area is 81.8 Å². The molecule has 0 aliphatic carbocycles. The zero-order valence-electron chi connectivity index (χ0n) is 7.64. The molecule has 72 valence electrons. The first-order valence-electron chi connectivity index (χ1n) is 4.23. The van der Waals surface area contributed by atoms with Gasteiger partial charge in [0.05, 0.1) is 31.2 Å². The van der Waals surface area contributed by atoms with Crippen LogP contribution in [0.5, 0.6) is 0 Å². The molecule has 1 aromatic rings. The highest BCUT2D eigenvalue weighted by molar-refractivity contribution is 5.34. The van der Waals surface area contributed by atoms with Gasteiger partial charge in [-0.2, -0.15) is 20.8 Å². The van der Waals surface area contributed by atoms with Crippen LogP contribution in [-0.4, -0.2) is 28.5 Å². The van der Waals surface area contributed by atoms with Crippen LogP contribution in [0, 0.1) is 22.7 Å². The molecule has 1 N–H and O–H groups in total. The second-order valence-electron chi connectivity index (χ2n) is 2.63. The van der Waals surface area contributed by atoms with E-state index in [-0.39, 0.29) is 0 Å². The third-order valence-electron chi connectivity index (χ3n) is 1.71. The fourth-order valence-electron chi connectivity index (χ4n) is 1.06. The maximum atomic E-state index is 8.45. The van der Waals surface area contributed by atoms with E-state index in [1.54, 1.807) is 6.20 Å². The Bertz CT molecular complexity index is 312. The zero-order valence-corrected chi connectivity index (χ0v) is 7.64. The molecule has 0 fully saturated rings. The zero-order chi connectivity index (χ0) is 10.2. The minimum Gasteiger partial charge on any atom is -0.352 e. The van der Waals surface area contributed by atoms with Gasteiger partial charge < -0.3 is 4.90 Å². The molecule has 0 unspecified atom stereocenters. The third-order valence-corrected chi connectivity index (χ3v) is 1.71. The number of nitrogens with zero attached hydrogens (tertiary/aromatic N) is 5. The van der Waals surface area contributed by atoms with Crippen molar-refractivity contribution in [1.82, 2.24) is 15.4 Å². The van der Waals surface area contributed by atoms with Gasteiger partial charge in [-0.1, -0.05) is 0 Å². The molecule has 0 saturated carbocycles. The molecule has 0 saturated heterocycles. The fraction of sp³-hybridized carbons (Fsp3) is 0.500. The van der Waals surface area contributed by atoms with Crippen molar-refractivity contribution in [1.29, 1.82) is 10.5 Å². The minimum absolute atomic E-state index is 0.415. The van der Waals surface area contributed by atoms with Crippen LogP contribution < -0.4 is 4.90 Å². The molecule has 0 bridgehead atoms. The molecule has 1 aromatic heterocycles. The van der Waals surface area contributed by atoms with Crippen molar-refractivity contribution in [2.24, 2.45) is 0 Å². The number of anilines is 1. The Morgan fingerprint density at radius 3 is 2.36 bits per heavy atom. The molecule has 0 spiro atoms. The number of H-pyrrole nitrogens is 1. The largest absolute Gasteiger partial charge is 0.352 e. The molecule has 1 rings (SSSR count). The van der Waals surface area contributed by atoms with E-state index >= 15 is 0 Å². The predicted octanol–water partition coefficient (Wildman–Crippen LogP) is 0.438. The van der Waals surface area contributed by atoms with Crippen LogP contribution in [0.4, 0.5) is 5.82 Å². The van der Waals surface area contributed by atoms with E-state index in [9.17, 15) is 0 Å². The van der Waals surface area contributed by atoms with Crippen molar-refractivity contribution < 1.29 is 0 Å². The maximum Gasteiger partial charge on any atom is 0.170 e. The number of nitrogens with one attached hydrogen (secondary N) is 1. The number of aromatic nitrogens is 3. The lowest BCUT2D eigenvalue weighted by Crippen LogP contribution is -2.25. The van der Waals surface area contributed by atoms with Gasteiger partial charge >= 0.3 is 0 Å². The molecule has 0 amide bonds.